The lowest BCUT2D eigenvalue weighted by atomic mass is 10.1. The van der Waals surface area contributed by atoms with Crippen molar-refractivity contribution >= 4 is 25.8 Å². The van der Waals surface area contributed by atoms with Gasteiger partial charge in [0.15, 0.2) is 9.84 Å². The summed E-state index contributed by atoms with van der Waals surface area (Å²) in [6.45, 7) is 4.38. The highest BCUT2D eigenvalue weighted by atomic mass is 79.9. The molecule has 2 unspecified atom stereocenters. The van der Waals surface area contributed by atoms with Gasteiger partial charge in [0, 0.05) is 12.8 Å². The lowest BCUT2D eigenvalue weighted by molar-refractivity contribution is 0.490. The maximum Gasteiger partial charge on any atom is 0.151 e. The maximum atomic E-state index is 11.7. The quantitative estimate of drug-likeness (QED) is 0.888. The van der Waals surface area contributed by atoms with Gasteiger partial charge in [-0.25, -0.2) is 8.42 Å². The molecule has 1 rings (SSSR count). The standard InChI is InChI=1S/C10H18BrN3O2S/c1-5-14-10(8(11)6-13-14)9(12-3)7(2)17(4,15)16/h6-7,9,12H,5H2,1-4H3. The van der Waals surface area contributed by atoms with Crippen LogP contribution in [0, 0.1) is 0 Å². The Bertz CT molecular complexity index is 484. The summed E-state index contributed by atoms with van der Waals surface area (Å²) in [4.78, 5) is 0. The Balaban J connectivity index is 3.22. The summed E-state index contributed by atoms with van der Waals surface area (Å²) in [5.41, 5.74) is 0.868. The van der Waals surface area contributed by atoms with Gasteiger partial charge in [-0.2, -0.15) is 5.10 Å². The molecule has 0 spiro atoms. The molecule has 7 heteroatoms. The van der Waals surface area contributed by atoms with Gasteiger partial charge in [0.1, 0.15) is 0 Å². The number of halogens is 1. The van der Waals surface area contributed by atoms with Gasteiger partial charge in [-0.3, -0.25) is 4.68 Å². The molecule has 0 fully saturated rings. The molecule has 0 radical (unpaired) electrons. The third-order valence-corrected chi connectivity index (χ3v) is 5.12. The van der Waals surface area contributed by atoms with E-state index in [1.807, 2.05) is 6.92 Å². The molecule has 98 valence electrons. The smallest absolute Gasteiger partial charge is 0.151 e. The second-order valence-electron chi connectivity index (χ2n) is 3.99. The molecule has 0 saturated carbocycles. The number of rotatable bonds is 5. The van der Waals surface area contributed by atoms with E-state index in [1.165, 1.54) is 6.26 Å². The predicted molar refractivity (Wildman–Crippen MR) is 71.7 cm³/mol. The van der Waals surface area contributed by atoms with Crippen molar-refractivity contribution in [3.05, 3.63) is 16.4 Å². The van der Waals surface area contributed by atoms with E-state index in [0.29, 0.717) is 6.54 Å². The number of sulfone groups is 1. The fraction of sp³-hybridized carbons (Fsp3) is 0.700. The van der Waals surface area contributed by atoms with E-state index in [4.69, 9.17) is 0 Å². The molecule has 1 aromatic rings. The molecule has 0 aliphatic carbocycles. The highest BCUT2D eigenvalue weighted by molar-refractivity contribution is 9.10. The second kappa shape index (κ2) is 5.49. The number of nitrogens with one attached hydrogen (secondary N) is 1. The van der Waals surface area contributed by atoms with E-state index in [0.717, 1.165) is 10.2 Å². The summed E-state index contributed by atoms with van der Waals surface area (Å²) in [7, 11) is -1.35. The molecule has 1 heterocycles. The molecule has 17 heavy (non-hydrogen) atoms. The Hall–Kier alpha value is -0.400. The Morgan fingerprint density at radius 1 is 1.59 bits per heavy atom. The summed E-state index contributed by atoms with van der Waals surface area (Å²) in [5, 5.41) is 6.75. The topological polar surface area (TPSA) is 64.0 Å². The van der Waals surface area contributed by atoms with Crippen molar-refractivity contribution in [3.63, 3.8) is 0 Å². The molecule has 1 N–H and O–H groups in total. The first-order chi connectivity index (χ1) is 7.82. The minimum absolute atomic E-state index is 0.276. The van der Waals surface area contributed by atoms with E-state index in [1.54, 1.807) is 24.9 Å². The normalized spacial score (nSPS) is 15.8. The number of aryl methyl sites for hydroxylation is 1. The number of aromatic nitrogens is 2. The van der Waals surface area contributed by atoms with E-state index >= 15 is 0 Å². The number of hydrogen-bond donors (Lipinski definition) is 1. The van der Waals surface area contributed by atoms with Gasteiger partial charge in [-0.15, -0.1) is 0 Å². The molecule has 0 saturated heterocycles. The first kappa shape index (κ1) is 14.7. The van der Waals surface area contributed by atoms with E-state index < -0.39 is 15.1 Å². The highest BCUT2D eigenvalue weighted by Crippen LogP contribution is 2.28. The third-order valence-electron chi connectivity index (χ3n) is 2.88. The summed E-state index contributed by atoms with van der Waals surface area (Å²) in [5.74, 6) is 0. The average molecular weight is 324 g/mol. The lowest BCUT2D eigenvalue weighted by Crippen LogP contribution is -2.34. The lowest BCUT2D eigenvalue weighted by Gasteiger charge is -2.23. The largest absolute Gasteiger partial charge is 0.311 e. The zero-order valence-corrected chi connectivity index (χ0v) is 12.8. The summed E-state index contributed by atoms with van der Waals surface area (Å²) < 4.78 is 25.9. The van der Waals surface area contributed by atoms with Crippen molar-refractivity contribution in [2.45, 2.75) is 31.7 Å². The molecule has 0 aliphatic heterocycles. The summed E-state index contributed by atoms with van der Waals surface area (Å²) in [6.07, 6.45) is 2.95. The van der Waals surface area contributed by atoms with Crippen molar-refractivity contribution in [2.24, 2.45) is 0 Å². The van der Waals surface area contributed by atoms with Gasteiger partial charge < -0.3 is 5.32 Å². The zero-order chi connectivity index (χ0) is 13.2. The minimum atomic E-state index is -3.11. The average Bonchev–Trinajstić information content (AvgIpc) is 2.60. The minimum Gasteiger partial charge on any atom is -0.311 e. The Labute approximate surface area is 111 Å². The van der Waals surface area contributed by atoms with Gasteiger partial charge in [-0.1, -0.05) is 0 Å². The van der Waals surface area contributed by atoms with Crippen LogP contribution in [0.1, 0.15) is 25.6 Å². The molecule has 0 aliphatic rings. The van der Waals surface area contributed by atoms with Crippen LogP contribution in [0.15, 0.2) is 10.7 Å². The third kappa shape index (κ3) is 3.08. The first-order valence-electron chi connectivity index (χ1n) is 5.40. The van der Waals surface area contributed by atoms with Crippen LogP contribution in [0.4, 0.5) is 0 Å². The fourth-order valence-corrected chi connectivity index (χ4v) is 3.08. The van der Waals surface area contributed by atoms with Gasteiger partial charge in [-0.05, 0) is 36.8 Å². The van der Waals surface area contributed by atoms with E-state index in [2.05, 4.69) is 26.3 Å². The van der Waals surface area contributed by atoms with Gasteiger partial charge in [0.05, 0.1) is 27.7 Å². The molecular weight excluding hydrogens is 306 g/mol. The highest BCUT2D eigenvalue weighted by Gasteiger charge is 2.30. The SMILES string of the molecule is CCn1ncc(Br)c1C(NC)C(C)S(C)(=O)=O. The van der Waals surface area contributed by atoms with Crippen LogP contribution >= 0.6 is 15.9 Å². The Morgan fingerprint density at radius 3 is 2.59 bits per heavy atom. The van der Waals surface area contributed by atoms with Crippen LogP contribution in [0.25, 0.3) is 0 Å². The summed E-state index contributed by atoms with van der Waals surface area (Å²) >= 11 is 3.42. The van der Waals surface area contributed by atoms with Crippen LogP contribution in [0.3, 0.4) is 0 Å². The van der Waals surface area contributed by atoms with Crippen molar-refractivity contribution < 1.29 is 8.42 Å². The zero-order valence-electron chi connectivity index (χ0n) is 10.4. The van der Waals surface area contributed by atoms with E-state index in [9.17, 15) is 8.42 Å². The predicted octanol–water partition coefficient (Wildman–Crippen LogP) is 1.36. The Morgan fingerprint density at radius 2 is 2.18 bits per heavy atom. The van der Waals surface area contributed by atoms with Crippen molar-refractivity contribution in [1.29, 1.82) is 0 Å². The number of nitrogens with zero attached hydrogens (tertiary/aromatic N) is 2. The molecule has 0 aromatic carbocycles. The molecule has 2 atom stereocenters. The van der Waals surface area contributed by atoms with Gasteiger partial charge in [0.2, 0.25) is 0 Å². The van der Waals surface area contributed by atoms with Crippen LogP contribution in [0.5, 0.6) is 0 Å². The van der Waals surface area contributed by atoms with Crippen LogP contribution in [-0.4, -0.2) is 36.8 Å². The van der Waals surface area contributed by atoms with Gasteiger partial charge in [0.25, 0.3) is 0 Å². The van der Waals surface area contributed by atoms with Crippen molar-refractivity contribution in [3.8, 4) is 0 Å². The molecule has 5 nitrogen and oxygen atoms in total. The maximum absolute atomic E-state index is 11.7. The molecule has 1 aromatic heterocycles. The van der Waals surface area contributed by atoms with Crippen LogP contribution < -0.4 is 5.32 Å². The van der Waals surface area contributed by atoms with Crippen LogP contribution in [0.2, 0.25) is 0 Å². The fourth-order valence-electron chi connectivity index (χ4n) is 1.77. The van der Waals surface area contributed by atoms with Crippen molar-refractivity contribution in [1.82, 2.24) is 15.1 Å². The molecule has 0 bridgehead atoms. The Kier molecular flexibility index (Phi) is 4.74. The molecular formula is C10H18BrN3O2S. The monoisotopic (exact) mass is 323 g/mol. The van der Waals surface area contributed by atoms with Gasteiger partial charge >= 0.3 is 0 Å². The van der Waals surface area contributed by atoms with E-state index in [-0.39, 0.29) is 6.04 Å². The van der Waals surface area contributed by atoms with Crippen LogP contribution in [-0.2, 0) is 16.4 Å². The summed E-state index contributed by atoms with van der Waals surface area (Å²) in [6, 6.07) is -0.276. The van der Waals surface area contributed by atoms with Crippen molar-refractivity contribution in [2.75, 3.05) is 13.3 Å². The number of hydrogen-bond acceptors (Lipinski definition) is 4. The second-order valence-corrected chi connectivity index (χ2v) is 7.25. The molecule has 0 amide bonds. The first-order valence-corrected chi connectivity index (χ1v) is 8.15.